The first kappa shape index (κ1) is 14.2. The Labute approximate surface area is 107 Å². The molecule has 1 aromatic carbocycles. The molecule has 0 aliphatic carbocycles. The Morgan fingerprint density at radius 3 is 2.06 bits per heavy atom. The van der Waals surface area contributed by atoms with Crippen LogP contribution >= 0.6 is 0 Å². The second-order valence-electron chi connectivity index (χ2n) is 5.80. The highest BCUT2D eigenvalue weighted by Gasteiger charge is 2.03. The first-order chi connectivity index (χ1) is 7.99. The molecule has 1 aromatic rings. The van der Waals surface area contributed by atoms with Gasteiger partial charge >= 0.3 is 0 Å². The van der Waals surface area contributed by atoms with Crippen LogP contribution in [0, 0.1) is 5.92 Å². The molecule has 96 valence electrons. The highest BCUT2D eigenvalue weighted by atomic mass is 15.1. The van der Waals surface area contributed by atoms with Crippen molar-refractivity contribution < 1.29 is 0 Å². The van der Waals surface area contributed by atoms with Crippen molar-refractivity contribution in [3.63, 3.8) is 0 Å². The van der Waals surface area contributed by atoms with E-state index in [1.165, 1.54) is 17.7 Å². The number of hydrogen-bond acceptors (Lipinski definition) is 1. The van der Waals surface area contributed by atoms with Gasteiger partial charge in [-0.1, -0.05) is 52.0 Å². The number of hydrogen-bond donors (Lipinski definition) is 0. The summed E-state index contributed by atoms with van der Waals surface area (Å²) >= 11 is 0. The minimum Gasteiger partial charge on any atom is -0.306 e. The average molecular weight is 233 g/mol. The highest BCUT2D eigenvalue weighted by Crippen LogP contribution is 2.15. The normalized spacial score (nSPS) is 11.8. The topological polar surface area (TPSA) is 3.24 Å². The maximum Gasteiger partial charge on any atom is 0.00189 e. The van der Waals surface area contributed by atoms with Gasteiger partial charge in [0.2, 0.25) is 0 Å². The molecule has 1 heteroatoms. The van der Waals surface area contributed by atoms with Crippen molar-refractivity contribution in [3.8, 4) is 0 Å². The Morgan fingerprint density at radius 2 is 1.59 bits per heavy atom. The van der Waals surface area contributed by atoms with Crippen molar-refractivity contribution in [1.82, 2.24) is 4.90 Å². The Bertz CT molecular complexity index is 311. The summed E-state index contributed by atoms with van der Waals surface area (Å²) in [5, 5.41) is 0. The first-order valence-corrected chi connectivity index (χ1v) is 6.76. The molecule has 0 aliphatic heterocycles. The quantitative estimate of drug-likeness (QED) is 0.719. The predicted molar refractivity (Wildman–Crippen MR) is 76.6 cm³/mol. The molecular formula is C16H27N. The van der Waals surface area contributed by atoms with E-state index in [1.54, 1.807) is 0 Å². The van der Waals surface area contributed by atoms with Gasteiger partial charge in [0.15, 0.2) is 0 Å². The highest BCUT2D eigenvalue weighted by molar-refractivity contribution is 5.24. The summed E-state index contributed by atoms with van der Waals surface area (Å²) in [4.78, 5) is 2.42. The van der Waals surface area contributed by atoms with E-state index in [0.29, 0.717) is 5.92 Å². The van der Waals surface area contributed by atoms with Gasteiger partial charge in [0.1, 0.15) is 0 Å². The van der Waals surface area contributed by atoms with Crippen molar-refractivity contribution in [3.05, 3.63) is 35.4 Å². The van der Waals surface area contributed by atoms with Crippen LogP contribution in [-0.4, -0.2) is 25.0 Å². The minimum absolute atomic E-state index is 0.632. The summed E-state index contributed by atoms with van der Waals surface area (Å²) in [7, 11) is 2.21. The zero-order chi connectivity index (χ0) is 12.8. The molecular weight excluding hydrogens is 206 g/mol. The SMILES string of the molecule is CC(C)CN(C)CCc1ccc(C(C)C)cc1. The van der Waals surface area contributed by atoms with Crippen LogP contribution in [-0.2, 0) is 6.42 Å². The van der Waals surface area contributed by atoms with Gasteiger partial charge in [-0.15, -0.1) is 0 Å². The van der Waals surface area contributed by atoms with E-state index in [-0.39, 0.29) is 0 Å². The molecule has 0 heterocycles. The van der Waals surface area contributed by atoms with E-state index in [9.17, 15) is 0 Å². The zero-order valence-corrected chi connectivity index (χ0v) is 12.0. The Morgan fingerprint density at radius 1 is 1.00 bits per heavy atom. The lowest BCUT2D eigenvalue weighted by Crippen LogP contribution is -2.25. The van der Waals surface area contributed by atoms with Gasteiger partial charge in [0.25, 0.3) is 0 Å². The van der Waals surface area contributed by atoms with Crippen LogP contribution in [0.1, 0.15) is 44.7 Å². The van der Waals surface area contributed by atoms with Gasteiger partial charge in [0, 0.05) is 13.1 Å². The van der Waals surface area contributed by atoms with Gasteiger partial charge in [-0.05, 0) is 36.4 Å². The molecule has 0 unspecified atom stereocenters. The molecule has 0 spiro atoms. The molecule has 0 saturated heterocycles. The lowest BCUT2D eigenvalue weighted by Gasteiger charge is -2.18. The first-order valence-electron chi connectivity index (χ1n) is 6.76. The number of nitrogens with zero attached hydrogens (tertiary/aromatic N) is 1. The fraction of sp³-hybridized carbons (Fsp3) is 0.625. The van der Waals surface area contributed by atoms with Crippen molar-refractivity contribution in [2.24, 2.45) is 5.92 Å². The van der Waals surface area contributed by atoms with Gasteiger partial charge in [-0.3, -0.25) is 0 Å². The molecule has 0 N–H and O–H groups in total. The molecule has 1 nitrogen and oxygen atoms in total. The second-order valence-corrected chi connectivity index (χ2v) is 5.80. The number of rotatable bonds is 6. The van der Waals surface area contributed by atoms with E-state index in [4.69, 9.17) is 0 Å². The second kappa shape index (κ2) is 6.80. The smallest absolute Gasteiger partial charge is 0.00189 e. The maximum absolute atomic E-state index is 2.42. The van der Waals surface area contributed by atoms with Crippen LogP contribution in [0.5, 0.6) is 0 Å². The summed E-state index contributed by atoms with van der Waals surface area (Å²) in [6, 6.07) is 9.09. The van der Waals surface area contributed by atoms with E-state index in [1.807, 2.05) is 0 Å². The fourth-order valence-corrected chi connectivity index (χ4v) is 2.10. The third-order valence-corrected chi connectivity index (χ3v) is 3.11. The monoisotopic (exact) mass is 233 g/mol. The summed E-state index contributed by atoms with van der Waals surface area (Å²) in [6.07, 6.45) is 1.15. The predicted octanol–water partition coefficient (Wildman–Crippen LogP) is 3.94. The Hall–Kier alpha value is -0.820. The van der Waals surface area contributed by atoms with Crippen molar-refractivity contribution in [1.29, 1.82) is 0 Å². The molecule has 0 amide bonds. The van der Waals surface area contributed by atoms with Crippen LogP contribution in [0.2, 0.25) is 0 Å². The average Bonchev–Trinajstić information content (AvgIpc) is 2.26. The van der Waals surface area contributed by atoms with E-state index < -0.39 is 0 Å². The molecule has 0 saturated carbocycles. The number of likely N-dealkylation sites (N-methyl/N-ethyl adjacent to an activating group) is 1. The fourth-order valence-electron chi connectivity index (χ4n) is 2.10. The Kier molecular flexibility index (Phi) is 5.70. The van der Waals surface area contributed by atoms with Crippen LogP contribution in [0.25, 0.3) is 0 Å². The van der Waals surface area contributed by atoms with Crippen molar-refractivity contribution in [2.45, 2.75) is 40.0 Å². The largest absolute Gasteiger partial charge is 0.306 e. The van der Waals surface area contributed by atoms with Gasteiger partial charge in [-0.2, -0.15) is 0 Å². The van der Waals surface area contributed by atoms with Crippen molar-refractivity contribution >= 4 is 0 Å². The van der Waals surface area contributed by atoms with Gasteiger partial charge in [-0.25, -0.2) is 0 Å². The molecule has 0 aromatic heterocycles. The van der Waals surface area contributed by atoms with Gasteiger partial charge < -0.3 is 4.90 Å². The van der Waals surface area contributed by atoms with Crippen LogP contribution < -0.4 is 0 Å². The van der Waals surface area contributed by atoms with Crippen LogP contribution in [0.3, 0.4) is 0 Å². The van der Waals surface area contributed by atoms with E-state index in [0.717, 1.165) is 18.9 Å². The van der Waals surface area contributed by atoms with Crippen molar-refractivity contribution in [2.75, 3.05) is 20.1 Å². The van der Waals surface area contributed by atoms with E-state index in [2.05, 4.69) is 63.9 Å². The number of benzene rings is 1. The summed E-state index contributed by atoms with van der Waals surface area (Å²) in [5.74, 6) is 1.39. The zero-order valence-electron chi connectivity index (χ0n) is 12.0. The molecule has 0 atom stereocenters. The lowest BCUT2D eigenvalue weighted by molar-refractivity contribution is 0.299. The lowest BCUT2D eigenvalue weighted by atomic mass is 10.0. The summed E-state index contributed by atoms with van der Waals surface area (Å²) < 4.78 is 0. The molecule has 0 bridgehead atoms. The molecule has 0 fully saturated rings. The summed E-state index contributed by atoms with van der Waals surface area (Å²) in [6.45, 7) is 11.4. The van der Waals surface area contributed by atoms with Crippen LogP contribution in [0.15, 0.2) is 24.3 Å². The van der Waals surface area contributed by atoms with Gasteiger partial charge in [0.05, 0.1) is 0 Å². The standard InChI is InChI=1S/C16H27N/c1-13(2)12-17(5)11-10-15-6-8-16(9-7-15)14(3)4/h6-9,13-14H,10-12H2,1-5H3. The molecule has 1 rings (SSSR count). The maximum atomic E-state index is 2.42. The third-order valence-electron chi connectivity index (χ3n) is 3.11. The Balaban J connectivity index is 2.42. The van der Waals surface area contributed by atoms with Crippen LogP contribution in [0.4, 0.5) is 0 Å². The van der Waals surface area contributed by atoms with E-state index >= 15 is 0 Å². The molecule has 0 radical (unpaired) electrons. The third kappa shape index (κ3) is 5.36. The molecule has 0 aliphatic rings. The minimum atomic E-state index is 0.632. The summed E-state index contributed by atoms with van der Waals surface area (Å²) in [5.41, 5.74) is 2.88. The molecule has 17 heavy (non-hydrogen) atoms.